The average molecular weight is 319 g/mol. The van der Waals surface area contributed by atoms with Crippen molar-refractivity contribution >= 4 is 23.5 Å². The van der Waals surface area contributed by atoms with Crippen LogP contribution in [0.15, 0.2) is 24.4 Å². The smallest absolute Gasteiger partial charge is 0.235 e. The summed E-state index contributed by atoms with van der Waals surface area (Å²) in [7, 11) is 5.05. The van der Waals surface area contributed by atoms with Crippen molar-refractivity contribution in [1.82, 2.24) is 9.78 Å². The van der Waals surface area contributed by atoms with E-state index in [-0.39, 0.29) is 11.2 Å². The number of rotatable bonds is 3. The molecule has 1 atom stereocenters. The lowest BCUT2D eigenvalue weighted by atomic mass is 10.0. The molecule has 3 rings (SSSR count). The molecule has 22 heavy (non-hydrogen) atoms. The monoisotopic (exact) mass is 319 g/mol. The number of thioether (sulfide) groups is 1. The Morgan fingerprint density at radius 1 is 1.32 bits per heavy atom. The maximum atomic E-state index is 11.9. The lowest BCUT2D eigenvalue weighted by molar-refractivity contribution is -0.113. The maximum absolute atomic E-state index is 11.9. The van der Waals surface area contributed by atoms with Gasteiger partial charge in [-0.1, -0.05) is 12.1 Å². The van der Waals surface area contributed by atoms with E-state index in [9.17, 15) is 4.79 Å². The number of nitrogens with one attached hydrogen (secondary N) is 1. The molecule has 6 nitrogen and oxygen atoms in total. The van der Waals surface area contributed by atoms with Crippen LogP contribution in [0.2, 0.25) is 0 Å². The Bertz CT molecular complexity index is 714. The van der Waals surface area contributed by atoms with Gasteiger partial charge in [0, 0.05) is 18.2 Å². The maximum Gasteiger partial charge on any atom is 0.235 e. The number of hydrogen-bond acceptors (Lipinski definition) is 5. The van der Waals surface area contributed by atoms with Gasteiger partial charge in [0.2, 0.25) is 5.91 Å². The molecule has 0 saturated carbocycles. The van der Waals surface area contributed by atoms with Crippen molar-refractivity contribution in [3.8, 4) is 11.5 Å². The van der Waals surface area contributed by atoms with Crippen LogP contribution in [0.3, 0.4) is 0 Å². The van der Waals surface area contributed by atoms with E-state index in [1.165, 1.54) is 0 Å². The Kier molecular flexibility index (Phi) is 3.98. The number of methoxy groups -OCH3 is 2. The van der Waals surface area contributed by atoms with Crippen molar-refractivity contribution in [2.24, 2.45) is 7.05 Å². The van der Waals surface area contributed by atoms with Gasteiger partial charge < -0.3 is 14.8 Å². The second-order valence-corrected chi connectivity index (χ2v) is 5.99. The summed E-state index contributed by atoms with van der Waals surface area (Å²) in [6.45, 7) is 0. The lowest BCUT2D eigenvalue weighted by Crippen LogP contribution is -2.15. The second-order valence-electron chi connectivity index (χ2n) is 4.89. The Hall–Kier alpha value is -2.15. The van der Waals surface area contributed by atoms with Crippen LogP contribution in [-0.2, 0) is 11.8 Å². The van der Waals surface area contributed by atoms with Gasteiger partial charge in [-0.2, -0.15) is 5.10 Å². The van der Waals surface area contributed by atoms with Crippen LogP contribution >= 0.6 is 11.8 Å². The van der Waals surface area contributed by atoms with Gasteiger partial charge in [0.25, 0.3) is 0 Å². The number of aromatic nitrogens is 2. The molecule has 0 radical (unpaired) electrons. The number of ether oxygens (including phenoxy) is 2. The molecule has 0 fully saturated rings. The zero-order valence-electron chi connectivity index (χ0n) is 12.6. The van der Waals surface area contributed by atoms with Gasteiger partial charge in [0.05, 0.1) is 31.4 Å². The predicted octanol–water partition coefficient (Wildman–Crippen LogP) is 2.21. The first-order chi connectivity index (χ1) is 10.7. The highest BCUT2D eigenvalue weighted by molar-refractivity contribution is 8.00. The Balaban J connectivity index is 2.14. The van der Waals surface area contributed by atoms with Gasteiger partial charge in [-0.15, -0.1) is 11.8 Å². The first kappa shape index (κ1) is 14.8. The largest absolute Gasteiger partial charge is 0.493 e. The summed E-state index contributed by atoms with van der Waals surface area (Å²) in [5.41, 5.74) is 1.93. The molecule has 0 saturated heterocycles. The zero-order chi connectivity index (χ0) is 15.7. The summed E-state index contributed by atoms with van der Waals surface area (Å²) in [5.74, 6) is 2.44. The predicted molar refractivity (Wildman–Crippen MR) is 85.7 cm³/mol. The molecule has 1 amide bonds. The highest BCUT2D eigenvalue weighted by atomic mass is 32.2. The third kappa shape index (κ3) is 2.41. The van der Waals surface area contributed by atoms with Crippen molar-refractivity contribution < 1.29 is 14.3 Å². The lowest BCUT2D eigenvalue weighted by Gasteiger charge is -2.19. The molecular formula is C15H17N3O3S. The highest BCUT2D eigenvalue weighted by Crippen LogP contribution is 2.46. The van der Waals surface area contributed by atoms with Crippen LogP contribution in [0.1, 0.15) is 16.4 Å². The molecule has 1 aromatic carbocycles. The molecule has 0 spiro atoms. The molecule has 0 bridgehead atoms. The Labute approximate surface area is 132 Å². The fraction of sp³-hybridized carbons (Fsp3) is 0.333. The van der Waals surface area contributed by atoms with Gasteiger partial charge in [-0.3, -0.25) is 9.48 Å². The Morgan fingerprint density at radius 2 is 2.14 bits per heavy atom. The number of nitrogens with zero attached hydrogens (tertiary/aromatic N) is 2. The molecule has 2 aromatic rings. The van der Waals surface area contributed by atoms with Crippen LogP contribution in [0.5, 0.6) is 11.5 Å². The number of amides is 1. The van der Waals surface area contributed by atoms with E-state index in [1.54, 1.807) is 36.9 Å². The Morgan fingerprint density at radius 3 is 2.86 bits per heavy atom. The third-order valence-electron chi connectivity index (χ3n) is 3.60. The molecule has 116 valence electrons. The van der Waals surface area contributed by atoms with Crippen LogP contribution in [0.25, 0.3) is 0 Å². The molecule has 1 unspecified atom stereocenters. The number of fused-ring (bicyclic) bond motifs is 1. The van der Waals surface area contributed by atoms with E-state index in [1.807, 2.05) is 25.2 Å². The van der Waals surface area contributed by atoms with Crippen LogP contribution in [-0.4, -0.2) is 35.7 Å². The second kappa shape index (κ2) is 5.92. The molecule has 1 N–H and O–H groups in total. The average Bonchev–Trinajstić information content (AvgIpc) is 2.79. The third-order valence-corrected chi connectivity index (χ3v) is 4.87. The molecule has 0 aliphatic carbocycles. The number of benzene rings is 1. The van der Waals surface area contributed by atoms with Crippen molar-refractivity contribution in [1.29, 1.82) is 0 Å². The normalized spacial score (nSPS) is 17.4. The van der Waals surface area contributed by atoms with E-state index in [4.69, 9.17) is 9.47 Å². The van der Waals surface area contributed by atoms with E-state index in [0.29, 0.717) is 17.3 Å². The standard InChI is InChI=1S/C15H17N3O3S/c1-18-15-10(7-16-18)14(22-8-12(19)17-15)9-5-4-6-11(20-2)13(9)21-3/h4-7,14H,8H2,1-3H3,(H,17,19). The number of carbonyl (C=O) groups is 1. The van der Waals surface area contributed by atoms with Crippen molar-refractivity contribution in [3.05, 3.63) is 35.5 Å². The molecule has 7 heteroatoms. The first-order valence-electron chi connectivity index (χ1n) is 6.80. The van der Waals surface area contributed by atoms with E-state index in [0.717, 1.165) is 16.9 Å². The summed E-state index contributed by atoms with van der Waals surface area (Å²) in [5, 5.41) is 7.12. The number of hydrogen-bond donors (Lipinski definition) is 1. The summed E-state index contributed by atoms with van der Waals surface area (Å²) in [4.78, 5) is 11.9. The van der Waals surface area contributed by atoms with Gasteiger partial charge >= 0.3 is 0 Å². The molecular weight excluding hydrogens is 302 g/mol. The fourth-order valence-corrected chi connectivity index (χ4v) is 3.70. The minimum atomic E-state index is -0.0484. The SMILES string of the molecule is COc1cccc(C2SCC(=O)Nc3c2cnn3C)c1OC. The first-order valence-corrected chi connectivity index (χ1v) is 7.84. The molecule has 1 aliphatic heterocycles. The van der Waals surface area contributed by atoms with Gasteiger partial charge in [0.15, 0.2) is 11.5 Å². The summed E-state index contributed by atoms with van der Waals surface area (Å²) in [6.07, 6.45) is 1.79. The summed E-state index contributed by atoms with van der Waals surface area (Å²) >= 11 is 1.55. The van der Waals surface area contributed by atoms with Crippen LogP contribution in [0, 0.1) is 0 Å². The van der Waals surface area contributed by atoms with Gasteiger partial charge in [0.1, 0.15) is 5.82 Å². The van der Waals surface area contributed by atoms with Crippen molar-refractivity contribution in [2.75, 3.05) is 25.3 Å². The molecule has 2 heterocycles. The van der Waals surface area contributed by atoms with Crippen LogP contribution in [0.4, 0.5) is 5.82 Å². The highest BCUT2D eigenvalue weighted by Gasteiger charge is 2.29. The number of carbonyl (C=O) groups excluding carboxylic acids is 1. The quantitative estimate of drug-likeness (QED) is 0.939. The van der Waals surface area contributed by atoms with Crippen LogP contribution < -0.4 is 14.8 Å². The fourth-order valence-electron chi connectivity index (χ4n) is 2.59. The molecule has 1 aliphatic rings. The topological polar surface area (TPSA) is 65.4 Å². The number of aryl methyl sites for hydroxylation is 1. The minimum Gasteiger partial charge on any atom is -0.493 e. The zero-order valence-corrected chi connectivity index (χ0v) is 13.4. The summed E-state index contributed by atoms with van der Waals surface area (Å²) < 4.78 is 12.6. The van der Waals surface area contributed by atoms with E-state index >= 15 is 0 Å². The van der Waals surface area contributed by atoms with Gasteiger partial charge in [-0.25, -0.2) is 0 Å². The van der Waals surface area contributed by atoms with Crippen molar-refractivity contribution in [3.63, 3.8) is 0 Å². The number of anilines is 1. The van der Waals surface area contributed by atoms with Crippen molar-refractivity contribution in [2.45, 2.75) is 5.25 Å². The number of para-hydroxylation sites is 1. The summed E-state index contributed by atoms with van der Waals surface area (Å²) in [6, 6.07) is 5.77. The van der Waals surface area contributed by atoms with Gasteiger partial charge in [-0.05, 0) is 6.07 Å². The van der Waals surface area contributed by atoms with E-state index < -0.39 is 0 Å². The molecule has 1 aromatic heterocycles. The van der Waals surface area contributed by atoms with E-state index in [2.05, 4.69) is 10.4 Å². The minimum absolute atomic E-state index is 0.0285.